The van der Waals surface area contributed by atoms with Gasteiger partial charge in [0, 0.05) is 13.0 Å². The zero-order chi connectivity index (χ0) is 15.1. The van der Waals surface area contributed by atoms with Gasteiger partial charge in [-0.3, -0.25) is 4.79 Å². The molecule has 1 unspecified atom stereocenters. The van der Waals surface area contributed by atoms with Gasteiger partial charge in [0.2, 0.25) is 5.91 Å². The molecule has 1 aliphatic heterocycles. The minimum absolute atomic E-state index is 0.118. The molecule has 1 saturated heterocycles. The number of ether oxygens (including phenoxy) is 1. The lowest BCUT2D eigenvalue weighted by atomic mass is 10.1. The van der Waals surface area contributed by atoms with Gasteiger partial charge in [-0.15, -0.1) is 0 Å². The number of aldehydes is 1. The van der Waals surface area contributed by atoms with Crippen LogP contribution >= 0.6 is 0 Å². The van der Waals surface area contributed by atoms with Gasteiger partial charge in [-0.1, -0.05) is 30.3 Å². The van der Waals surface area contributed by atoms with Crippen LogP contribution in [0.5, 0.6) is 0 Å². The predicted octanol–water partition coefficient (Wildman–Crippen LogP) is 1.46. The van der Waals surface area contributed by atoms with Crippen LogP contribution in [0.2, 0.25) is 0 Å². The van der Waals surface area contributed by atoms with E-state index in [1.807, 2.05) is 30.3 Å². The Morgan fingerprint density at radius 3 is 2.81 bits per heavy atom. The summed E-state index contributed by atoms with van der Waals surface area (Å²) in [6.45, 7) is 0.970. The first-order chi connectivity index (χ1) is 10.2. The van der Waals surface area contributed by atoms with E-state index in [1.165, 1.54) is 0 Å². The maximum atomic E-state index is 12.3. The largest absolute Gasteiger partial charge is 0.353 e. The minimum atomic E-state index is -0.528. The Morgan fingerprint density at radius 2 is 2.10 bits per heavy atom. The number of amides is 1. The Bertz CT molecular complexity index is 464. The van der Waals surface area contributed by atoms with Crippen molar-refractivity contribution in [2.45, 2.75) is 44.6 Å². The average molecular weight is 290 g/mol. The maximum absolute atomic E-state index is 12.3. The van der Waals surface area contributed by atoms with Crippen LogP contribution < -0.4 is 5.73 Å². The van der Waals surface area contributed by atoms with Crippen LogP contribution in [-0.2, 0) is 20.9 Å². The molecule has 0 spiro atoms. The monoisotopic (exact) mass is 290 g/mol. The SMILES string of the molecule is N[C@H]1CCCCN(C(CC=O)OCc2ccccc2)C1=O. The van der Waals surface area contributed by atoms with Crippen molar-refractivity contribution in [3.05, 3.63) is 35.9 Å². The van der Waals surface area contributed by atoms with E-state index >= 15 is 0 Å². The molecule has 1 heterocycles. The molecule has 0 saturated carbocycles. The van der Waals surface area contributed by atoms with Gasteiger partial charge in [-0.05, 0) is 24.8 Å². The maximum Gasteiger partial charge on any atom is 0.241 e. The van der Waals surface area contributed by atoms with Crippen molar-refractivity contribution in [2.24, 2.45) is 5.73 Å². The zero-order valence-electron chi connectivity index (χ0n) is 12.1. The molecular weight excluding hydrogens is 268 g/mol. The summed E-state index contributed by atoms with van der Waals surface area (Å²) >= 11 is 0. The third-order valence-corrected chi connectivity index (χ3v) is 3.70. The Hall–Kier alpha value is -1.72. The summed E-state index contributed by atoms with van der Waals surface area (Å²) in [7, 11) is 0. The van der Waals surface area contributed by atoms with Gasteiger partial charge in [0.25, 0.3) is 0 Å². The Morgan fingerprint density at radius 1 is 1.33 bits per heavy atom. The molecule has 0 aliphatic carbocycles. The lowest BCUT2D eigenvalue weighted by molar-refractivity contribution is -0.149. The summed E-state index contributed by atoms with van der Waals surface area (Å²) in [5.41, 5.74) is 6.89. The molecule has 0 bridgehead atoms. The average Bonchev–Trinajstić information content (AvgIpc) is 2.67. The minimum Gasteiger partial charge on any atom is -0.353 e. The molecule has 5 heteroatoms. The van der Waals surface area contributed by atoms with Crippen molar-refractivity contribution in [1.29, 1.82) is 0 Å². The van der Waals surface area contributed by atoms with E-state index in [4.69, 9.17) is 10.5 Å². The molecule has 0 aromatic heterocycles. The summed E-state index contributed by atoms with van der Waals surface area (Å²) in [6.07, 6.45) is 2.95. The number of nitrogens with zero attached hydrogens (tertiary/aromatic N) is 1. The van der Waals surface area contributed by atoms with Crippen molar-refractivity contribution >= 4 is 12.2 Å². The Labute approximate surface area is 125 Å². The van der Waals surface area contributed by atoms with E-state index < -0.39 is 12.3 Å². The van der Waals surface area contributed by atoms with Crippen LogP contribution in [0.15, 0.2) is 30.3 Å². The van der Waals surface area contributed by atoms with Crippen molar-refractivity contribution in [1.82, 2.24) is 4.90 Å². The second-order valence-corrected chi connectivity index (χ2v) is 5.29. The first-order valence-electron chi connectivity index (χ1n) is 7.37. The molecule has 21 heavy (non-hydrogen) atoms. The van der Waals surface area contributed by atoms with Gasteiger partial charge in [-0.25, -0.2) is 0 Å². The fourth-order valence-corrected chi connectivity index (χ4v) is 2.51. The van der Waals surface area contributed by atoms with Gasteiger partial charge < -0.3 is 20.2 Å². The second-order valence-electron chi connectivity index (χ2n) is 5.29. The van der Waals surface area contributed by atoms with Gasteiger partial charge in [-0.2, -0.15) is 0 Å². The molecule has 1 aliphatic rings. The molecule has 1 aromatic rings. The van der Waals surface area contributed by atoms with Gasteiger partial charge in [0.05, 0.1) is 12.6 Å². The lowest BCUT2D eigenvalue weighted by Crippen LogP contribution is -2.48. The number of carbonyl (C=O) groups excluding carboxylic acids is 2. The van der Waals surface area contributed by atoms with E-state index in [1.54, 1.807) is 4.90 Å². The molecule has 1 fully saturated rings. The van der Waals surface area contributed by atoms with Crippen LogP contribution in [0.4, 0.5) is 0 Å². The van der Waals surface area contributed by atoms with Crippen LogP contribution in [0.25, 0.3) is 0 Å². The van der Waals surface area contributed by atoms with E-state index in [2.05, 4.69) is 0 Å². The molecule has 2 N–H and O–H groups in total. The summed E-state index contributed by atoms with van der Waals surface area (Å²) in [4.78, 5) is 24.8. The van der Waals surface area contributed by atoms with E-state index in [9.17, 15) is 9.59 Å². The highest BCUT2D eigenvalue weighted by atomic mass is 16.5. The third-order valence-electron chi connectivity index (χ3n) is 3.70. The molecule has 2 atom stereocenters. The van der Waals surface area contributed by atoms with Crippen molar-refractivity contribution in [3.8, 4) is 0 Å². The number of hydrogen-bond donors (Lipinski definition) is 1. The fraction of sp³-hybridized carbons (Fsp3) is 0.500. The summed E-state index contributed by atoms with van der Waals surface area (Å²) in [5, 5.41) is 0. The van der Waals surface area contributed by atoms with Gasteiger partial charge in [0.1, 0.15) is 12.5 Å². The highest BCUT2D eigenvalue weighted by molar-refractivity contribution is 5.82. The molecule has 5 nitrogen and oxygen atoms in total. The standard InChI is InChI=1S/C16H22N2O3/c17-14-8-4-5-10-18(16(14)20)15(9-11-19)21-12-13-6-2-1-3-7-13/h1-3,6-7,11,14-15H,4-5,8-10,12,17H2/t14-,15?/m0/s1. The quantitative estimate of drug-likeness (QED) is 0.805. The normalized spacial score (nSPS) is 20.9. The summed E-state index contributed by atoms with van der Waals surface area (Å²) in [6, 6.07) is 9.22. The highest BCUT2D eigenvalue weighted by Crippen LogP contribution is 2.17. The van der Waals surface area contributed by atoms with Crippen molar-refractivity contribution in [2.75, 3.05) is 6.54 Å². The predicted molar refractivity (Wildman–Crippen MR) is 79.2 cm³/mol. The smallest absolute Gasteiger partial charge is 0.241 e. The number of carbonyl (C=O) groups is 2. The summed E-state index contributed by atoms with van der Waals surface area (Å²) in [5.74, 6) is -0.118. The Balaban J connectivity index is 2.02. The molecule has 0 radical (unpaired) electrons. The first kappa shape index (κ1) is 15.7. The second kappa shape index (κ2) is 7.90. The molecule has 1 aromatic carbocycles. The van der Waals surface area contributed by atoms with Crippen molar-refractivity contribution < 1.29 is 14.3 Å². The Kier molecular flexibility index (Phi) is 5.90. The molecule has 2 rings (SSSR count). The third kappa shape index (κ3) is 4.37. The zero-order valence-corrected chi connectivity index (χ0v) is 12.1. The summed E-state index contributed by atoms with van der Waals surface area (Å²) < 4.78 is 5.80. The van der Waals surface area contributed by atoms with E-state index in [0.717, 1.165) is 24.7 Å². The topological polar surface area (TPSA) is 72.6 Å². The molecule has 114 valence electrons. The first-order valence-corrected chi connectivity index (χ1v) is 7.37. The van der Waals surface area contributed by atoms with Crippen LogP contribution in [-0.4, -0.2) is 35.9 Å². The molecule has 1 amide bonds. The number of benzene rings is 1. The van der Waals surface area contributed by atoms with Crippen LogP contribution in [0, 0.1) is 0 Å². The highest BCUT2D eigenvalue weighted by Gasteiger charge is 2.29. The van der Waals surface area contributed by atoms with Crippen LogP contribution in [0.1, 0.15) is 31.2 Å². The number of rotatable bonds is 6. The number of likely N-dealkylation sites (tertiary alicyclic amines) is 1. The van der Waals surface area contributed by atoms with Gasteiger partial charge in [0.15, 0.2) is 0 Å². The number of nitrogens with two attached hydrogens (primary N) is 1. The van der Waals surface area contributed by atoms with Crippen molar-refractivity contribution in [3.63, 3.8) is 0 Å². The lowest BCUT2D eigenvalue weighted by Gasteiger charge is -2.30. The van der Waals surface area contributed by atoms with E-state index in [-0.39, 0.29) is 12.3 Å². The van der Waals surface area contributed by atoms with Gasteiger partial charge >= 0.3 is 0 Å². The van der Waals surface area contributed by atoms with Crippen LogP contribution in [0.3, 0.4) is 0 Å². The van der Waals surface area contributed by atoms with E-state index in [0.29, 0.717) is 19.6 Å². The molecular formula is C16H22N2O3. The number of hydrogen-bond acceptors (Lipinski definition) is 4. The fourth-order valence-electron chi connectivity index (χ4n) is 2.51.